The van der Waals surface area contributed by atoms with Crippen LogP contribution in [0.25, 0.3) is 22.6 Å². The number of hydrogen-bond acceptors (Lipinski definition) is 7. The number of benzene rings is 2. The van der Waals surface area contributed by atoms with E-state index in [1.54, 1.807) is 38.4 Å². The second-order valence-electron chi connectivity index (χ2n) is 9.49. The summed E-state index contributed by atoms with van der Waals surface area (Å²) in [5.74, 6) is 0.367. The number of ether oxygens (including phenoxy) is 2. The fourth-order valence-electron chi connectivity index (χ4n) is 4.29. The molecule has 0 radical (unpaired) electrons. The highest BCUT2D eigenvalue weighted by atomic mass is 19.1. The van der Waals surface area contributed by atoms with E-state index in [0.29, 0.717) is 34.4 Å². The molecule has 1 aliphatic rings. The summed E-state index contributed by atoms with van der Waals surface area (Å²) in [7, 11) is 1.58. The molecule has 38 heavy (non-hydrogen) atoms. The SMILES string of the molecule is CNC(=O)C1(C)COC(c2nc(-c3ccc(F)cc3)c(-c3ccnc(NC(C)c4ccccc4)n3)[nH]2)OC1. The lowest BCUT2D eigenvalue weighted by Gasteiger charge is -2.34. The number of amides is 1. The van der Waals surface area contributed by atoms with Gasteiger partial charge < -0.3 is 25.1 Å². The van der Waals surface area contributed by atoms with E-state index in [0.717, 1.165) is 5.56 Å². The molecule has 3 N–H and O–H groups in total. The first-order valence-corrected chi connectivity index (χ1v) is 12.3. The van der Waals surface area contributed by atoms with E-state index < -0.39 is 11.7 Å². The maximum absolute atomic E-state index is 13.7. The van der Waals surface area contributed by atoms with Gasteiger partial charge in [-0.15, -0.1) is 0 Å². The van der Waals surface area contributed by atoms with Gasteiger partial charge in [0, 0.05) is 18.8 Å². The average Bonchev–Trinajstić information content (AvgIpc) is 3.39. The van der Waals surface area contributed by atoms with Crippen LogP contribution in [0.3, 0.4) is 0 Å². The van der Waals surface area contributed by atoms with Crippen molar-refractivity contribution in [3.8, 4) is 22.6 Å². The molecule has 2 aromatic carbocycles. The van der Waals surface area contributed by atoms with Gasteiger partial charge in [0.2, 0.25) is 18.1 Å². The number of imidazole rings is 1. The molecule has 4 aromatic rings. The van der Waals surface area contributed by atoms with Crippen molar-refractivity contribution in [2.45, 2.75) is 26.2 Å². The summed E-state index contributed by atoms with van der Waals surface area (Å²) < 4.78 is 25.5. The van der Waals surface area contributed by atoms with Crippen molar-refractivity contribution in [3.05, 3.63) is 84.1 Å². The van der Waals surface area contributed by atoms with Crippen molar-refractivity contribution < 1.29 is 18.7 Å². The Balaban J connectivity index is 1.46. The van der Waals surface area contributed by atoms with E-state index in [4.69, 9.17) is 19.4 Å². The van der Waals surface area contributed by atoms with E-state index in [1.165, 1.54) is 12.1 Å². The van der Waals surface area contributed by atoms with Gasteiger partial charge in [-0.3, -0.25) is 4.79 Å². The Kier molecular flexibility index (Phi) is 7.17. The molecule has 1 amide bonds. The molecule has 0 spiro atoms. The van der Waals surface area contributed by atoms with Gasteiger partial charge in [0.1, 0.15) is 5.82 Å². The van der Waals surface area contributed by atoms with Crippen molar-refractivity contribution in [1.82, 2.24) is 25.3 Å². The van der Waals surface area contributed by atoms with E-state index in [1.807, 2.05) is 37.3 Å². The molecule has 1 atom stereocenters. The van der Waals surface area contributed by atoms with Crippen LogP contribution in [0.5, 0.6) is 0 Å². The number of H-pyrrole nitrogens is 1. The number of nitrogens with one attached hydrogen (secondary N) is 3. The van der Waals surface area contributed by atoms with Crippen LogP contribution in [-0.4, -0.2) is 46.1 Å². The zero-order chi connectivity index (χ0) is 26.7. The monoisotopic (exact) mass is 516 g/mol. The number of carbonyl (C=O) groups excluding carboxylic acids is 1. The van der Waals surface area contributed by atoms with Crippen LogP contribution in [-0.2, 0) is 14.3 Å². The highest BCUT2D eigenvalue weighted by Gasteiger charge is 2.40. The number of rotatable bonds is 7. The van der Waals surface area contributed by atoms with Crippen LogP contribution in [0.2, 0.25) is 0 Å². The van der Waals surface area contributed by atoms with Gasteiger partial charge in [0.15, 0.2) is 5.82 Å². The molecule has 196 valence electrons. The lowest BCUT2D eigenvalue weighted by Crippen LogP contribution is -2.47. The third kappa shape index (κ3) is 5.27. The third-order valence-corrected chi connectivity index (χ3v) is 6.50. The number of anilines is 1. The first kappa shape index (κ1) is 25.5. The predicted molar refractivity (Wildman–Crippen MR) is 140 cm³/mol. The van der Waals surface area contributed by atoms with Crippen LogP contribution in [0.1, 0.15) is 37.6 Å². The third-order valence-electron chi connectivity index (χ3n) is 6.50. The number of aromatic amines is 1. The summed E-state index contributed by atoms with van der Waals surface area (Å²) >= 11 is 0. The van der Waals surface area contributed by atoms with Gasteiger partial charge in [-0.05, 0) is 49.7 Å². The van der Waals surface area contributed by atoms with Gasteiger partial charge in [-0.2, -0.15) is 0 Å². The molecule has 1 aliphatic heterocycles. The minimum absolute atomic E-state index is 0.0148. The highest BCUT2D eigenvalue weighted by Crippen LogP contribution is 2.35. The Bertz CT molecular complexity index is 1400. The number of halogens is 1. The molecule has 1 unspecified atom stereocenters. The fraction of sp³-hybridized carbons (Fsp3) is 0.286. The van der Waals surface area contributed by atoms with Gasteiger partial charge in [0.05, 0.1) is 41.8 Å². The molecular weight excluding hydrogens is 487 g/mol. The molecule has 2 aromatic heterocycles. The molecule has 0 aliphatic carbocycles. The van der Waals surface area contributed by atoms with Gasteiger partial charge in [0.25, 0.3) is 0 Å². The van der Waals surface area contributed by atoms with Crippen LogP contribution < -0.4 is 10.6 Å². The second-order valence-corrected chi connectivity index (χ2v) is 9.49. The largest absolute Gasteiger partial charge is 0.359 e. The van der Waals surface area contributed by atoms with Crippen molar-refractivity contribution in [2.75, 3.05) is 25.6 Å². The minimum Gasteiger partial charge on any atom is -0.359 e. The summed E-state index contributed by atoms with van der Waals surface area (Å²) in [5, 5.41) is 5.98. The maximum Gasteiger partial charge on any atom is 0.230 e. The zero-order valence-corrected chi connectivity index (χ0v) is 21.4. The number of carbonyl (C=O) groups is 1. The van der Waals surface area contributed by atoms with Crippen molar-refractivity contribution >= 4 is 11.9 Å². The normalized spacial score (nSPS) is 20.1. The van der Waals surface area contributed by atoms with Gasteiger partial charge in [-0.1, -0.05) is 30.3 Å². The zero-order valence-electron chi connectivity index (χ0n) is 21.4. The molecule has 10 heteroatoms. The summed E-state index contributed by atoms with van der Waals surface area (Å²) in [6.45, 7) is 4.15. The fourth-order valence-corrected chi connectivity index (χ4v) is 4.29. The lowest BCUT2D eigenvalue weighted by atomic mass is 9.91. The lowest BCUT2D eigenvalue weighted by molar-refractivity contribution is -0.230. The summed E-state index contributed by atoms with van der Waals surface area (Å²) in [6, 6.07) is 17.8. The van der Waals surface area contributed by atoms with Crippen LogP contribution >= 0.6 is 0 Å². The molecule has 1 fully saturated rings. The second kappa shape index (κ2) is 10.7. The molecule has 9 nitrogen and oxygen atoms in total. The molecular formula is C28H29FN6O3. The number of aromatic nitrogens is 4. The van der Waals surface area contributed by atoms with E-state index in [2.05, 4.69) is 20.6 Å². The Labute approximate surface area is 219 Å². The summed E-state index contributed by atoms with van der Waals surface area (Å²) in [5.41, 5.74) is 2.76. The van der Waals surface area contributed by atoms with E-state index in [9.17, 15) is 9.18 Å². The predicted octanol–water partition coefficient (Wildman–Crippen LogP) is 4.64. The first-order chi connectivity index (χ1) is 18.4. The Morgan fingerprint density at radius 1 is 1.08 bits per heavy atom. The summed E-state index contributed by atoms with van der Waals surface area (Å²) in [6.07, 6.45) is 0.859. The number of nitrogens with zero attached hydrogens (tertiary/aromatic N) is 3. The smallest absolute Gasteiger partial charge is 0.230 e. The summed E-state index contributed by atoms with van der Waals surface area (Å²) in [4.78, 5) is 29.4. The van der Waals surface area contributed by atoms with E-state index >= 15 is 0 Å². The first-order valence-electron chi connectivity index (χ1n) is 12.3. The molecule has 0 saturated carbocycles. The van der Waals surface area contributed by atoms with Crippen molar-refractivity contribution in [1.29, 1.82) is 0 Å². The van der Waals surface area contributed by atoms with Crippen molar-refractivity contribution in [2.24, 2.45) is 5.41 Å². The van der Waals surface area contributed by atoms with Crippen LogP contribution in [0.15, 0.2) is 66.9 Å². The quantitative estimate of drug-likeness (QED) is 0.328. The Morgan fingerprint density at radius 2 is 1.79 bits per heavy atom. The van der Waals surface area contributed by atoms with Gasteiger partial charge in [-0.25, -0.2) is 19.3 Å². The molecule has 3 heterocycles. The minimum atomic E-state index is -0.807. The van der Waals surface area contributed by atoms with E-state index in [-0.39, 0.29) is 31.0 Å². The maximum atomic E-state index is 13.7. The molecule has 5 rings (SSSR count). The van der Waals surface area contributed by atoms with Crippen LogP contribution in [0.4, 0.5) is 10.3 Å². The van der Waals surface area contributed by atoms with Crippen LogP contribution in [0, 0.1) is 11.2 Å². The highest BCUT2D eigenvalue weighted by molar-refractivity contribution is 5.82. The average molecular weight is 517 g/mol. The molecule has 1 saturated heterocycles. The molecule has 0 bridgehead atoms. The Hall–Kier alpha value is -4.15. The van der Waals surface area contributed by atoms with Gasteiger partial charge >= 0.3 is 0 Å². The topological polar surface area (TPSA) is 114 Å². The number of hydrogen-bond donors (Lipinski definition) is 3. The van der Waals surface area contributed by atoms with Crippen molar-refractivity contribution in [3.63, 3.8) is 0 Å². The standard InChI is InChI=1S/C28H29FN6O3/c1-17(18-7-5-4-6-8-18)32-27-31-14-13-21(33-27)23-22(19-9-11-20(29)12-10-19)34-24(35-23)25-37-15-28(2,16-38-25)26(36)30-3/h4-14,17,25H,15-16H2,1-3H3,(H,30,36)(H,34,35)(H,31,32,33). The Morgan fingerprint density at radius 3 is 2.47 bits per heavy atom.